The summed E-state index contributed by atoms with van der Waals surface area (Å²) in [5.41, 5.74) is 1.13. The summed E-state index contributed by atoms with van der Waals surface area (Å²) in [6.07, 6.45) is 5.99. The first-order valence-corrected chi connectivity index (χ1v) is 9.63. The lowest BCUT2D eigenvalue weighted by molar-refractivity contribution is -0.00966. The Labute approximate surface area is 147 Å². The van der Waals surface area contributed by atoms with Gasteiger partial charge in [-0.25, -0.2) is 4.98 Å². The first-order chi connectivity index (χ1) is 11.8. The highest BCUT2D eigenvalue weighted by atomic mass is 32.1. The molecule has 24 heavy (non-hydrogen) atoms. The Kier molecular flexibility index (Phi) is 6.78. The lowest BCUT2D eigenvalue weighted by Gasteiger charge is -2.20. The average molecular weight is 346 g/mol. The van der Waals surface area contributed by atoms with Crippen molar-refractivity contribution in [3.63, 3.8) is 0 Å². The van der Waals surface area contributed by atoms with Crippen molar-refractivity contribution in [2.45, 2.75) is 37.9 Å². The third kappa shape index (κ3) is 5.98. The van der Waals surface area contributed by atoms with Gasteiger partial charge in [0.2, 0.25) is 0 Å². The van der Waals surface area contributed by atoms with Crippen molar-refractivity contribution in [3.8, 4) is 0 Å². The van der Waals surface area contributed by atoms with E-state index in [1.807, 2.05) is 29.8 Å². The van der Waals surface area contributed by atoms with E-state index < -0.39 is 6.10 Å². The van der Waals surface area contributed by atoms with Gasteiger partial charge in [-0.2, -0.15) is 0 Å². The number of nitrogens with zero attached hydrogens (tertiary/aromatic N) is 1. The van der Waals surface area contributed by atoms with E-state index in [0.717, 1.165) is 29.5 Å². The Morgan fingerprint density at radius 2 is 2.12 bits per heavy atom. The number of thiazole rings is 1. The Morgan fingerprint density at radius 3 is 2.83 bits per heavy atom. The van der Waals surface area contributed by atoms with E-state index in [1.54, 1.807) is 11.3 Å². The molecule has 0 radical (unpaired) electrons. The minimum atomic E-state index is -0.480. The van der Waals surface area contributed by atoms with Crippen LogP contribution in [0.3, 0.4) is 0 Å². The van der Waals surface area contributed by atoms with E-state index in [0.29, 0.717) is 13.2 Å². The molecule has 3 rings (SSSR count). The molecular weight excluding hydrogens is 320 g/mol. The van der Waals surface area contributed by atoms with Crippen molar-refractivity contribution in [2.24, 2.45) is 5.92 Å². The molecule has 1 aliphatic rings. The SMILES string of the molecule is OC(CNCCC1CC1)COC(Cc1nccs1)c1ccccc1. The van der Waals surface area contributed by atoms with Crippen molar-refractivity contribution in [1.29, 1.82) is 0 Å². The molecule has 1 aliphatic carbocycles. The maximum atomic E-state index is 10.2. The van der Waals surface area contributed by atoms with Crippen molar-refractivity contribution in [3.05, 3.63) is 52.5 Å². The van der Waals surface area contributed by atoms with Crippen LogP contribution in [0.25, 0.3) is 0 Å². The van der Waals surface area contributed by atoms with Gasteiger partial charge >= 0.3 is 0 Å². The fraction of sp³-hybridized carbons (Fsp3) is 0.526. The van der Waals surface area contributed by atoms with Crippen LogP contribution in [0.15, 0.2) is 41.9 Å². The van der Waals surface area contributed by atoms with Gasteiger partial charge in [-0.3, -0.25) is 0 Å². The number of benzene rings is 1. The lowest BCUT2D eigenvalue weighted by Crippen LogP contribution is -2.31. The van der Waals surface area contributed by atoms with Crippen LogP contribution in [0.1, 0.15) is 35.9 Å². The Balaban J connectivity index is 1.45. The molecule has 5 heteroatoms. The summed E-state index contributed by atoms with van der Waals surface area (Å²) in [6, 6.07) is 10.2. The normalized spacial score (nSPS) is 16.9. The highest BCUT2D eigenvalue weighted by Gasteiger charge is 2.20. The second-order valence-electron chi connectivity index (χ2n) is 6.45. The van der Waals surface area contributed by atoms with Crippen LogP contribution < -0.4 is 5.32 Å². The molecule has 1 aromatic heterocycles. The first-order valence-electron chi connectivity index (χ1n) is 8.75. The molecule has 0 spiro atoms. The number of aliphatic hydroxyl groups excluding tert-OH is 1. The van der Waals surface area contributed by atoms with Gasteiger partial charge in [0.15, 0.2) is 0 Å². The van der Waals surface area contributed by atoms with Crippen LogP contribution in [0.5, 0.6) is 0 Å². The molecule has 0 bridgehead atoms. The van der Waals surface area contributed by atoms with Gasteiger partial charge in [-0.1, -0.05) is 43.2 Å². The zero-order chi connectivity index (χ0) is 16.6. The molecule has 2 atom stereocenters. The zero-order valence-corrected chi connectivity index (χ0v) is 14.8. The van der Waals surface area contributed by atoms with Crippen LogP contribution >= 0.6 is 11.3 Å². The van der Waals surface area contributed by atoms with Crippen LogP contribution in [-0.2, 0) is 11.2 Å². The van der Waals surface area contributed by atoms with E-state index in [-0.39, 0.29) is 6.10 Å². The van der Waals surface area contributed by atoms with Crippen molar-refractivity contribution in [2.75, 3.05) is 19.7 Å². The van der Waals surface area contributed by atoms with Crippen molar-refractivity contribution < 1.29 is 9.84 Å². The first kappa shape index (κ1) is 17.5. The molecule has 2 unspecified atom stereocenters. The maximum absolute atomic E-state index is 10.2. The number of rotatable bonds is 11. The average Bonchev–Trinajstić information content (AvgIpc) is 3.30. The third-order valence-electron chi connectivity index (χ3n) is 4.31. The molecule has 1 saturated carbocycles. The van der Waals surface area contributed by atoms with Crippen LogP contribution in [0.4, 0.5) is 0 Å². The van der Waals surface area contributed by atoms with Crippen LogP contribution in [0.2, 0.25) is 0 Å². The molecule has 4 nitrogen and oxygen atoms in total. The third-order valence-corrected chi connectivity index (χ3v) is 5.11. The molecule has 2 aromatic rings. The highest BCUT2D eigenvalue weighted by Crippen LogP contribution is 2.31. The summed E-state index contributed by atoms with van der Waals surface area (Å²) in [6.45, 7) is 1.91. The Hall–Kier alpha value is -1.27. The molecule has 1 fully saturated rings. The molecular formula is C19H26N2O2S. The monoisotopic (exact) mass is 346 g/mol. The van der Waals surface area contributed by atoms with Gasteiger partial charge in [0.05, 0.1) is 23.8 Å². The maximum Gasteiger partial charge on any atom is 0.0954 e. The molecule has 0 aliphatic heterocycles. The number of hydrogen-bond donors (Lipinski definition) is 2. The van der Waals surface area contributed by atoms with Gasteiger partial charge < -0.3 is 15.2 Å². The Morgan fingerprint density at radius 1 is 1.29 bits per heavy atom. The number of aromatic nitrogens is 1. The van der Waals surface area contributed by atoms with E-state index in [2.05, 4.69) is 22.4 Å². The van der Waals surface area contributed by atoms with Crippen molar-refractivity contribution in [1.82, 2.24) is 10.3 Å². The minimum Gasteiger partial charge on any atom is -0.389 e. The van der Waals surface area contributed by atoms with Crippen LogP contribution in [-0.4, -0.2) is 35.9 Å². The highest BCUT2D eigenvalue weighted by molar-refractivity contribution is 7.09. The van der Waals surface area contributed by atoms with E-state index in [4.69, 9.17) is 4.74 Å². The molecule has 1 aromatic carbocycles. The number of hydrogen-bond acceptors (Lipinski definition) is 5. The lowest BCUT2D eigenvalue weighted by atomic mass is 10.1. The van der Waals surface area contributed by atoms with Gasteiger partial charge in [-0.15, -0.1) is 11.3 Å². The summed E-state index contributed by atoms with van der Waals surface area (Å²) >= 11 is 1.64. The zero-order valence-electron chi connectivity index (χ0n) is 13.9. The number of ether oxygens (including phenoxy) is 1. The van der Waals surface area contributed by atoms with E-state index >= 15 is 0 Å². The quantitative estimate of drug-likeness (QED) is 0.614. The number of aliphatic hydroxyl groups is 1. The summed E-state index contributed by atoms with van der Waals surface area (Å²) in [5, 5.41) is 16.5. The predicted molar refractivity (Wildman–Crippen MR) is 97.2 cm³/mol. The fourth-order valence-corrected chi connectivity index (χ4v) is 3.37. The van der Waals surface area contributed by atoms with Gasteiger partial charge in [-0.05, 0) is 24.4 Å². The molecule has 1 heterocycles. The predicted octanol–water partition coefficient (Wildman–Crippen LogP) is 3.19. The largest absolute Gasteiger partial charge is 0.389 e. The summed E-state index contributed by atoms with van der Waals surface area (Å²) in [5.74, 6) is 0.923. The van der Waals surface area contributed by atoms with Crippen LogP contribution in [0, 0.1) is 5.92 Å². The van der Waals surface area contributed by atoms with Gasteiger partial charge in [0.25, 0.3) is 0 Å². The van der Waals surface area contributed by atoms with Crippen molar-refractivity contribution >= 4 is 11.3 Å². The fourth-order valence-electron chi connectivity index (χ4n) is 2.72. The molecule has 0 amide bonds. The van der Waals surface area contributed by atoms with E-state index in [9.17, 15) is 5.11 Å². The minimum absolute atomic E-state index is 0.0709. The summed E-state index contributed by atoms with van der Waals surface area (Å²) in [4.78, 5) is 4.36. The Bertz CT molecular complexity index is 572. The van der Waals surface area contributed by atoms with Gasteiger partial charge in [0.1, 0.15) is 0 Å². The van der Waals surface area contributed by atoms with E-state index in [1.165, 1.54) is 19.3 Å². The second-order valence-corrected chi connectivity index (χ2v) is 7.43. The molecule has 0 saturated heterocycles. The van der Waals surface area contributed by atoms with Gasteiger partial charge in [0, 0.05) is 24.5 Å². The summed E-state index contributed by atoms with van der Waals surface area (Å²) < 4.78 is 6.03. The standard InChI is InChI=1S/C19H26N2O2S/c22-17(13-20-9-8-15-6-7-15)14-23-18(12-19-21-10-11-24-19)16-4-2-1-3-5-16/h1-5,10-11,15,17-18,20,22H,6-9,12-14H2. The topological polar surface area (TPSA) is 54.4 Å². The second kappa shape index (κ2) is 9.28. The molecule has 2 N–H and O–H groups in total. The smallest absolute Gasteiger partial charge is 0.0954 e. The summed E-state index contributed by atoms with van der Waals surface area (Å²) in [7, 11) is 0. The number of nitrogens with one attached hydrogen (secondary N) is 1. The molecule has 130 valence electrons.